The van der Waals surface area contributed by atoms with E-state index < -0.39 is 30.0 Å². The summed E-state index contributed by atoms with van der Waals surface area (Å²) in [4.78, 5) is 46.7. The van der Waals surface area contributed by atoms with Gasteiger partial charge in [0.15, 0.2) is 6.10 Å². The number of carbonyl (C=O) groups is 4. The third-order valence-electron chi connectivity index (χ3n) is 4.87. The minimum Gasteiger partial charge on any atom is -0.466 e. The van der Waals surface area contributed by atoms with E-state index in [-0.39, 0.29) is 13.2 Å². The summed E-state index contributed by atoms with van der Waals surface area (Å²) in [6.07, 6.45) is 2.82. The number of benzene rings is 2. The Bertz CT molecular complexity index is 1220. The van der Waals surface area contributed by atoms with Crippen molar-refractivity contribution >= 4 is 45.7 Å². The van der Waals surface area contributed by atoms with Crippen molar-refractivity contribution in [1.82, 2.24) is 4.57 Å². The van der Waals surface area contributed by atoms with E-state index in [4.69, 9.17) is 9.47 Å². The molecule has 0 aliphatic carbocycles. The first-order chi connectivity index (χ1) is 16.4. The quantitative estimate of drug-likeness (QED) is 0.270. The first-order valence-electron chi connectivity index (χ1n) is 10.3. The molecule has 0 saturated carbocycles. The minimum atomic E-state index is -0.899. The summed E-state index contributed by atoms with van der Waals surface area (Å²) < 4.78 is 21.5. The number of nitrogens with zero attached hydrogens (tertiary/aromatic N) is 1. The molecule has 0 aliphatic rings. The summed E-state index contributed by atoms with van der Waals surface area (Å²) in [7, 11) is 2.37. The van der Waals surface area contributed by atoms with E-state index in [2.05, 4.69) is 9.47 Å². The third-order valence-corrected chi connectivity index (χ3v) is 4.87. The van der Waals surface area contributed by atoms with Gasteiger partial charge < -0.3 is 23.5 Å². The number of hydrogen-bond donors (Lipinski definition) is 0. The van der Waals surface area contributed by atoms with Crippen molar-refractivity contribution in [2.45, 2.75) is 12.6 Å². The summed E-state index contributed by atoms with van der Waals surface area (Å²) in [5.74, 6) is -3.04. The highest BCUT2D eigenvalue weighted by molar-refractivity contribution is 6.08. The van der Waals surface area contributed by atoms with Crippen molar-refractivity contribution in [3.05, 3.63) is 72.8 Å². The molecule has 0 aliphatic heterocycles. The lowest BCUT2D eigenvalue weighted by Gasteiger charge is -2.19. The topological polar surface area (TPSA) is 110 Å². The SMILES string of the molecule is COC(=O)/C=C/C(=O)OCC(Cn1c2ccccc2c2ccccc21)OC(=O)/C=C/C(=O)OC. The molecule has 3 rings (SSSR count). The highest BCUT2D eigenvalue weighted by Gasteiger charge is 2.20. The molecule has 0 fully saturated rings. The molecule has 1 aromatic heterocycles. The van der Waals surface area contributed by atoms with E-state index in [0.717, 1.165) is 46.1 Å². The van der Waals surface area contributed by atoms with E-state index in [1.54, 1.807) is 0 Å². The van der Waals surface area contributed by atoms with Crippen molar-refractivity contribution in [3.8, 4) is 0 Å². The highest BCUT2D eigenvalue weighted by Crippen LogP contribution is 2.29. The van der Waals surface area contributed by atoms with E-state index in [0.29, 0.717) is 0 Å². The fraction of sp³-hybridized carbons (Fsp3) is 0.200. The van der Waals surface area contributed by atoms with Crippen LogP contribution in [0.4, 0.5) is 0 Å². The molecule has 1 atom stereocenters. The zero-order chi connectivity index (χ0) is 24.5. The summed E-state index contributed by atoms with van der Waals surface area (Å²) in [5, 5.41) is 2.04. The van der Waals surface area contributed by atoms with Crippen LogP contribution >= 0.6 is 0 Å². The van der Waals surface area contributed by atoms with E-state index >= 15 is 0 Å². The van der Waals surface area contributed by atoms with Crippen LogP contribution in [0.3, 0.4) is 0 Å². The zero-order valence-electron chi connectivity index (χ0n) is 18.6. The summed E-state index contributed by atoms with van der Waals surface area (Å²) in [5.41, 5.74) is 1.82. The average molecular weight is 465 g/mol. The van der Waals surface area contributed by atoms with Crippen molar-refractivity contribution in [2.75, 3.05) is 20.8 Å². The number of esters is 4. The first kappa shape index (κ1) is 24.2. The molecule has 0 bridgehead atoms. The Labute approximate surface area is 195 Å². The van der Waals surface area contributed by atoms with Gasteiger partial charge in [-0.1, -0.05) is 36.4 Å². The summed E-state index contributed by atoms with van der Waals surface area (Å²) >= 11 is 0. The second kappa shape index (κ2) is 11.5. The van der Waals surface area contributed by atoms with E-state index in [1.165, 1.54) is 14.2 Å². The standard InChI is InChI=1S/C25H23NO8/c1-31-22(27)11-13-24(29)33-16-17(34-25(30)14-12-23(28)32-2)15-26-20-9-5-3-7-18(20)19-8-4-6-10-21(19)26/h3-14,17H,15-16H2,1-2H3/b13-11+,14-12+. The molecule has 2 aromatic carbocycles. The molecular weight excluding hydrogens is 442 g/mol. The molecule has 1 heterocycles. The van der Waals surface area contributed by atoms with Gasteiger partial charge in [0.25, 0.3) is 0 Å². The monoisotopic (exact) mass is 465 g/mol. The highest BCUT2D eigenvalue weighted by atomic mass is 16.6. The Morgan fingerprint density at radius 2 is 1.21 bits per heavy atom. The van der Waals surface area contributed by atoms with Gasteiger partial charge >= 0.3 is 23.9 Å². The molecule has 34 heavy (non-hydrogen) atoms. The maximum atomic E-state index is 12.3. The van der Waals surface area contributed by atoms with Crippen LogP contribution in [-0.4, -0.2) is 55.4 Å². The van der Waals surface area contributed by atoms with Crippen LogP contribution < -0.4 is 0 Å². The molecule has 0 N–H and O–H groups in total. The van der Waals surface area contributed by atoms with Crippen LogP contribution in [-0.2, 0) is 44.7 Å². The number of fused-ring (bicyclic) bond motifs is 3. The summed E-state index contributed by atoms with van der Waals surface area (Å²) in [6.45, 7) is -0.122. The van der Waals surface area contributed by atoms with Crippen molar-refractivity contribution < 1.29 is 38.1 Å². The van der Waals surface area contributed by atoms with Crippen LogP contribution in [0.1, 0.15) is 0 Å². The molecule has 0 amide bonds. The fourth-order valence-electron chi connectivity index (χ4n) is 3.36. The van der Waals surface area contributed by atoms with E-state index in [9.17, 15) is 19.2 Å². The van der Waals surface area contributed by atoms with Gasteiger partial charge in [-0.05, 0) is 12.1 Å². The molecule has 1 unspecified atom stereocenters. The maximum absolute atomic E-state index is 12.3. The van der Waals surface area contributed by atoms with Crippen LogP contribution in [0.2, 0.25) is 0 Å². The number of carbonyl (C=O) groups excluding carboxylic acids is 4. The molecular formula is C25H23NO8. The fourth-order valence-corrected chi connectivity index (χ4v) is 3.36. The Kier molecular flexibility index (Phi) is 8.17. The number of rotatable bonds is 9. The second-order valence-corrected chi connectivity index (χ2v) is 7.05. The lowest BCUT2D eigenvalue weighted by atomic mass is 10.2. The largest absolute Gasteiger partial charge is 0.466 e. The number of ether oxygens (including phenoxy) is 4. The van der Waals surface area contributed by atoms with Crippen LogP contribution in [0.25, 0.3) is 21.8 Å². The van der Waals surface area contributed by atoms with Gasteiger partial charge in [-0.15, -0.1) is 0 Å². The third kappa shape index (κ3) is 6.10. The van der Waals surface area contributed by atoms with Crippen LogP contribution in [0, 0.1) is 0 Å². The second-order valence-electron chi connectivity index (χ2n) is 7.05. The van der Waals surface area contributed by atoms with Gasteiger partial charge in [0.05, 0.1) is 20.8 Å². The van der Waals surface area contributed by atoms with Crippen LogP contribution in [0.5, 0.6) is 0 Å². The van der Waals surface area contributed by atoms with E-state index in [1.807, 2.05) is 53.1 Å². The predicted octanol–water partition coefficient (Wildman–Crippen LogP) is 2.71. The molecule has 0 spiro atoms. The first-order valence-corrected chi connectivity index (χ1v) is 10.3. The molecule has 0 saturated heterocycles. The zero-order valence-corrected chi connectivity index (χ0v) is 18.6. The molecule has 9 nitrogen and oxygen atoms in total. The van der Waals surface area contributed by atoms with Gasteiger partial charge in [-0.25, -0.2) is 19.2 Å². The van der Waals surface area contributed by atoms with Gasteiger partial charge in [0.2, 0.25) is 0 Å². The van der Waals surface area contributed by atoms with Gasteiger partial charge in [-0.3, -0.25) is 0 Å². The summed E-state index contributed by atoms with van der Waals surface area (Å²) in [6, 6.07) is 15.5. The lowest BCUT2D eigenvalue weighted by Crippen LogP contribution is -2.29. The number of para-hydroxylation sites is 2. The number of methoxy groups -OCH3 is 2. The number of hydrogen-bond acceptors (Lipinski definition) is 8. The maximum Gasteiger partial charge on any atom is 0.331 e. The molecule has 3 aromatic rings. The van der Waals surface area contributed by atoms with Gasteiger partial charge in [0.1, 0.15) is 6.61 Å². The smallest absolute Gasteiger partial charge is 0.331 e. The average Bonchev–Trinajstić information content (AvgIpc) is 3.17. The predicted molar refractivity (Wildman–Crippen MR) is 123 cm³/mol. The lowest BCUT2D eigenvalue weighted by molar-refractivity contribution is -0.153. The Balaban J connectivity index is 1.86. The van der Waals surface area contributed by atoms with Crippen molar-refractivity contribution in [2.24, 2.45) is 0 Å². The molecule has 0 radical (unpaired) electrons. The normalized spacial score (nSPS) is 12.2. The Morgan fingerprint density at radius 1 is 0.735 bits per heavy atom. The van der Waals surface area contributed by atoms with Crippen LogP contribution in [0.15, 0.2) is 72.8 Å². The van der Waals surface area contributed by atoms with Crippen molar-refractivity contribution in [1.29, 1.82) is 0 Å². The molecule has 9 heteroatoms. The Morgan fingerprint density at radius 3 is 1.74 bits per heavy atom. The van der Waals surface area contributed by atoms with Gasteiger partial charge in [-0.2, -0.15) is 0 Å². The van der Waals surface area contributed by atoms with Gasteiger partial charge in [0, 0.05) is 46.1 Å². The minimum absolute atomic E-state index is 0.166. The Hall–Kier alpha value is -4.40. The molecule has 176 valence electrons. The number of aromatic nitrogens is 1. The van der Waals surface area contributed by atoms with Crippen molar-refractivity contribution in [3.63, 3.8) is 0 Å².